The third kappa shape index (κ3) is 4.12. The van der Waals surface area contributed by atoms with Gasteiger partial charge in [0.1, 0.15) is 0 Å². The van der Waals surface area contributed by atoms with Gasteiger partial charge in [0, 0.05) is 12.6 Å². The summed E-state index contributed by atoms with van der Waals surface area (Å²) in [6.07, 6.45) is 6.45. The zero-order valence-corrected chi connectivity index (χ0v) is 10.9. The molecule has 0 aromatic carbocycles. The Hall–Kier alpha value is -0.0800. The van der Waals surface area contributed by atoms with Crippen LogP contribution in [-0.2, 0) is 0 Å². The van der Waals surface area contributed by atoms with Gasteiger partial charge in [-0.25, -0.2) is 0 Å². The lowest BCUT2D eigenvalue weighted by atomic mass is 9.68. The minimum Gasteiger partial charge on any atom is -0.328 e. The maximum Gasteiger partial charge on any atom is 0.00392 e. The van der Waals surface area contributed by atoms with Crippen LogP contribution < -0.4 is 5.73 Å². The van der Waals surface area contributed by atoms with Crippen molar-refractivity contribution in [3.63, 3.8) is 0 Å². The van der Waals surface area contributed by atoms with Gasteiger partial charge < -0.3 is 10.6 Å². The fraction of sp³-hybridized carbons (Fsp3) is 1.00. The van der Waals surface area contributed by atoms with E-state index < -0.39 is 0 Å². The van der Waals surface area contributed by atoms with Gasteiger partial charge in [-0.15, -0.1) is 0 Å². The lowest BCUT2D eigenvalue weighted by Gasteiger charge is -2.42. The molecule has 0 aliphatic heterocycles. The molecule has 0 saturated heterocycles. The molecule has 1 aliphatic rings. The summed E-state index contributed by atoms with van der Waals surface area (Å²) in [5, 5.41) is 0. The number of rotatable bonds is 4. The molecule has 0 heterocycles. The first-order valence-electron chi connectivity index (χ1n) is 6.34. The summed E-state index contributed by atoms with van der Waals surface area (Å²) in [5.74, 6) is 0.805. The molecule has 15 heavy (non-hydrogen) atoms. The molecule has 1 fully saturated rings. The van der Waals surface area contributed by atoms with Crippen molar-refractivity contribution < 1.29 is 0 Å². The first kappa shape index (κ1) is 13.0. The molecule has 0 bridgehead atoms. The van der Waals surface area contributed by atoms with Crippen LogP contribution in [0.1, 0.15) is 46.0 Å². The second-order valence-corrected chi connectivity index (χ2v) is 6.17. The number of nitrogens with zero attached hydrogens (tertiary/aromatic N) is 1. The Kier molecular flexibility index (Phi) is 4.60. The monoisotopic (exact) mass is 212 g/mol. The summed E-state index contributed by atoms with van der Waals surface area (Å²) in [6.45, 7) is 5.91. The third-order valence-corrected chi connectivity index (χ3v) is 3.58. The quantitative estimate of drug-likeness (QED) is 0.776. The van der Waals surface area contributed by atoms with Crippen LogP contribution in [-0.4, -0.2) is 31.6 Å². The highest BCUT2D eigenvalue weighted by Crippen LogP contribution is 2.41. The number of hydrogen-bond donors (Lipinski definition) is 1. The van der Waals surface area contributed by atoms with Crippen LogP contribution in [0.5, 0.6) is 0 Å². The van der Waals surface area contributed by atoms with E-state index in [0.29, 0.717) is 11.5 Å². The Morgan fingerprint density at radius 3 is 2.20 bits per heavy atom. The summed E-state index contributed by atoms with van der Waals surface area (Å²) in [6, 6.07) is 0.465. The van der Waals surface area contributed by atoms with Crippen molar-refractivity contribution in [1.82, 2.24) is 4.90 Å². The second-order valence-electron chi connectivity index (χ2n) is 6.17. The molecular weight excluding hydrogens is 184 g/mol. The molecule has 2 heteroatoms. The normalized spacial score (nSPS) is 32.6. The minimum absolute atomic E-state index is 0.465. The molecular formula is C13H28N2. The van der Waals surface area contributed by atoms with Crippen molar-refractivity contribution in [1.29, 1.82) is 0 Å². The van der Waals surface area contributed by atoms with Crippen LogP contribution in [0.15, 0.2) is 0 Å². The van der Waals surface area contributed by atoms with E-state index in [0.717, 1.165) is 5.92 Å². The van der Waals surface area contributed by atoms with E-state index in [9.17, 15) is 0 Å². The van der Waals surface area contributed by atoms with Crippen LogP contribution >= 0.6 is 0 Å². The Balaban J connectivity index is 2.60. The Bertz CT molecular complexity index is 167. The van der Waals surface area contributed by atoms with E-state index in [2.05, 4.69) is 32.8 Å². The van der Waals surface area contributed by atoms with Gasteiger partial charge in [0.2, 0.25) is 0 Å². The molecule has 0 atom stereocenters. The molecule has 1 saturated carbocycles. The van der Waals surface area contributed by atoms with Crippen molar-refractivity contribution in [2.24, 2.45) is 17.1 Å². The summed E-state index contributed by atoms with van der Waals surface area (Å²) in [7, 11) is 4.38. The molecule has 0 unspecified atom stereocenters. The number of nitrogens with two attached hydrogens (primary N) is 1. The van der Waals surface area contributed by atoms with Crippen LogP contribution in [0.4, 0.5) is 0 Å². The molecule has 2 nitrogen and oxygen atoms in total. The van der Waals surface area contributed by atoms with E-state index in [1.54, 1.807) is 0 Å². The molecule has 0 amide bonds. The maximum atomic E-state index is 6.00. The van der Waals surface area contributed by atoms with Gasteiger partial charge in [0.15, 0.2) is 0 Å². The first-order chi connectivity index (χ1) is 6.93. The maximum absolute atomic E-state index is 6.00. The van der Waals surface area contributed by atoms with Gasteiger partial charge in [0.25, 0.3) is 0 Å². The SMILES string of the molecule is CC(C)CC1(CN(C)C)CCC(N)CC1. The van der Waals surface area contributed by atoms with Crippen molar-refractivity contribution >= 4 is 0 Å². The van der Waals surface area contributed by atoms with Gasteiger partial charge in [-0.3, -0.25) is 0 Å². The highest BCUT2D eigenvalue weighted by Gasteiger charge is 2.35. The fourth-order valence-electron chi connectivity index (χ4n) is 3.22. The Morgan fingerprint density at radius 2 is 1.80 bits per heavy atom. The van der Waals surface area contributed by atoms with Gasteiger partial charge in [-0.1, -0.05) is 13.8 Å². The minimum atomic E-state index is 0.465. The van der Waals surface area contributed by atoms with Gasteiger partial charge in [0.05, 0.1) is 0 Å². The average Bonchev–Trinajstić information content (AvgIpc) is 2.08. The van der Waals surface area contributed by atoms with Crippen molar-refractivity contribution in [2.45, 2.75) is 52.0 Å². The lowest BCUT2D eigenvalue weighted by Crippen LogP contribution is -2.41. The molecule has 0 aromatic heterocycles. The molecule has 0 aromatic rings. The van der Waals surface area contributed by atoms with E-state index in [4.69, 9.17) is 5.73 Å². The molecule has 1 rings (SSSR count). The molecule has 2 N–H and O–H groups in total. The molecule has 0 spiro atoms. The fourth-order valence-corrected chi connectivity index (χ4v) is 3.22. The van der Waals surface area contributed by atoms with Gasteiger partial charge in [-0.2, -0.15) is 0 Å². The summed E-state index contributed by atoms with van der Waals surface area (Å²) in [4.78, 5) is 2.35. The zero-order chi connectivity index (χ0) is 11.5. The zero-order valence-electron chi connectivity index (χ0n) is 10.9. The predicted molar refractivity (Wildman–Crippen MR) is 66.9 cm³/mol. The van der Waals surface area contributed by atoms with Gasteiger partial charge in [-0.05, 0) is 57.5 Å². The van der Waals surface area contributed by atoms with E-state index in [-0.39, 0.29) is 0 Å². The molecule has 90 valence electrons. The van der Waals surface area contributed by atoms with Crippen LogP contribution in [0, 0.1) is 11.3 Å². The van der Waals surface area contributed by atoms with E-state index in [1.165, 1.54) is 38.6 Å². The Morgan fingerprint density at radius 1 is 1.27 bits per heavy atom. The average molecular weight is 212 g/mol. The van der Waals surface area contributed by atoms with Crippen molar-refractivity contribution in [3.8, 4) is 0 Å². The van der Waals surface area contributed by atoms with Crippen LogP contribution in [0.3, 0.4) is 0 Å². The van der Waals surface area contributed by atoms with Crippen LogP contribution in [0.25, 0.3) is 0 Å². The molecule has 0 radical (unpaired) electrons. The van der Waals surface area contributed by atoms with Crippen molar-refractivity contribution in [3.05, 3.63) is 0 Å². The van der Waals surface area contributed by atoms with Crippen molar-refractivity contribution in [2.75, 3.05) is 20.6 Å². The largest absolute Gasteiger partial charge is 0.328 e. The van der Waals surface area contributed by atoms with Gasteiger partial charge >= 0.3 is 0 Å². The molecule has 1 aliphatic carbocycles. The second kappa shape index (κ2) is 5.31. The van der Waals surface area contributed by atoms with E-state index >= 15 is 0 Å². The highest BCUT2D eigenvalue weighted by atomic mass is 15.1. The standard InChI is InChI=1S/C13H28N2/c1-11(2)9-13(10-15(3)4)7-5-12(14)6-8-13/h11-12H,5-10,14H2,1-4H3. The smallest absolute Gasteiger partial charge is 0.00392 e. The third-order valence-electron chi connectivity index (χ3n) is 3.58. The summed E-state index contributed by atoms with van der Waals surface area (Å²) < 4.78 is 0. The van der Waals surface area contributed by atoms with Crippen LogP contribution in [0.2, 0.25) is 0 Å². The lowest BCUT2D eigenvalue weighted by molar-refractivity contribution is 0.0983. The Labute approximate surface area is 95.2 Å². The van der Waals surface area contributed by atoms with E-state index in [1.807, 2.05) is 0 Å². The summed E-state index contributed by atoms with van der Waals surface area (Å²) in [5.41, 5.74) is 6.55. The number of hydrogen-bond acceptors (Lipinski definition) is 2. The summed E-state index contributed by atoms with van der Waals surface area (Å²) >= 11 is 0. The highest BCUT2D eigenvalue weighted by molar-refractivity contribution is 4.89. The first-order valence-corrected chi connectivity index (χ1v) is 6.34. The predicted octanol–water partition coefficient (Wildman–Crippen LogP) is 2.48. The topological polar surface area (TPSA) is 29.3 Å².